The van der Waals surface area contributed by atoms with Crippen LogP contribution in [0.25, 0.3) is 0 Å². The van der Waals surface area contributed by atoms with Crippen molar-refractivity contribution in [3.8, 4) is 0 Å². The molecule has 3 nitrogen and oxygen atoms in total. The lowest BCUT2D eigenvalue weighted by atomic mass is 10.3. The van der Waals surface area contributed by atoms with Crippen LogP contribution in [0.3, 0.4) is 0 Å². The zero-order valence-electron chi connectivity index (χ0n) is 4.51. The van der Waals surface area contributed by atoms with Gasteiger partial charge < -0.3 is 10.4 Å². The van der Waals surface area contributed by atoms with Crippen molar-refractivity contribution in [2.24, 2.45) is 0 Å². The van der Waals surface area contributed by atoms with E-state index in [2.05, 4.69) is 5.32 Å². The zero-order chi connectivity index (χ0) is 6.15. The van der Waals surface area contributed by atoms with E-state index in [1.54, 1.807) is 6.92 Å². The molecule has 0 bridgehead atoms. The Bertz CT molecular complexity index is 151. The fraction of sp³-hybridized carbons (Fsp3) is 0.400. The molecule has 44 valence electrons. The van der Waals surface area contributed by atoms with Crippen molar-refractivity contribution >= 4 is 5.91 Å². The first-order valence-corrected chi connectivity index (χ1v) is 2.37. The molecule has 0 aromatic heterocycles. The quantitative estimate of drug-likeness (QED) is 0.440. The lowest BCUT2D eigenvalue weighted by Crippen LogP contribution is -2.26. The van der Waals surface area contributed by atoms with Crippen LogP contribution in [-0.2, 0) is 4.79 Å². The van der Waals surface area contributed by atoms with E-state index in [-0.39, 0.29) is 5.91 Å². The molecule has 1 heterocycles. The standard InChI is InChI=1S/C5H7NO2/c1-3-2-4(7)6-5(3)8/h2,5,8H,1H3,(H,6,7)/t5-/m1/s1. The lowest BCUT2D eigenvalue weighted by molar-refractivity contribution is -0.117. The van der Waals surface area contributed by atoms with Crippen LogP contribution in [-0.4, -0.2) is 17.2 Å². The molecule has 0 fully saturated rings. The van der Waals surface area contributed by atoms with Gasteiger partial charge in [0.1, 0.15) is 6.23 Å². The van der Waals surface area contributed by atoms with Gasteiger partial charge in [-0.2, -0.15) is 0 Å². The summed E-state index contributed by atoms with van der Waals surface area (Å²) >= 11 is 0. The molecule has 1 rings (SSSR count). The summed E-state index contributed by atoms with van der Waals surface area (Å²) in [5.41, 5.74) is 0.676. The summed E-state index contributed by atoms with van der Waals surface area (Å²) in [5, 5.41) is 11.1. The normalized spacial score (nSPS) is 27.5. The van der Waals surface area contributed by atoms with Crippen LogP contribution in [0, 0.1) is 0 Å². The van der Waals surface area contributed by atoms with Gasteiger partial charge in [-0.15, -0.1) is 0 Å². The van der Waals surface area contributed by atoms with E-state index in [1.165, 1.54) is 6.08 Å². The maximum atomic E-state index is 10.3. The van der Waals surface area contributed by atoms with Gasteiger partial charge in [-0.25, -0.2) is 0 Å². The molecule has 0 spiro atoms. The maximum Gasteiger partial charge on any atom is 0.246 e. The van der Waals surface area contributed by atoms with Crippen molar-refractivity contribution in [1.82, 2.24) is 5.32 Å². The van der Waals surface area contributed by atoms with Crippen LogP contribution in [0.1, 0.15) is 6.92 Å². The van der Waals surface area contributed by atoms with E-state index in [9.17, 15) is 4.79 Å². The molecule has 0 unspecified atom stereocenters. The van der Waals surface area contributed by atoms with Gasteiger partial charge in [-0.1, -0.05) is 0 Å². The number of carbonyl (C=O) groups excluding carboxylic acids is 1. The average Bonchev–Trinajstić information content (AvgIpc) is 1.85. The minimum Gasteiger partial charge on any atom is -0.370 e. The van der Waals surface area contributed by atoms with Crippen LogP contribution < -0.4 is 5.32 Å². The molecule has 2 N–H and O–H groups in total. The summed E-state index contributed by atoms with van der Waals surface area (Å²) in [5.74, 6) is -0.213. The van der Waals surface area contributed by atoms with Crippen LogP contribution in [0.5, 0.6) is 0 Å². The largest absolute Gasteiger partial charge is 0.370 e. The highest BCUT2D eigenvalue weighted by molar-refractivity contribution is 5.91. The highest BCUT2D eigenvalue weighted by Crippen LogP contribution is 2.03. The first-order chi connectivity index (χ1) is 3.70. The maximum absolute atomic E-state index is 10.3. The Morgan fingerprint density at radius 1 is 1.88 bits per heavy atom. The Kier molecular flexibility index (Phi) is 1.06. The average molecular weight is 113 g/mol. The molecule has 0 aliphatic carbocycles. The summed E-state index contributed by atoms with van der Waals surface area (Å²) < 4.78 is 0. The Morgan fingerprint density at radius 3 is 2.62 bits per heavy atom. The molecule has 0 saturated heterocycles. The van der Waals surface area contributed by atoms with E-state index < -0.39 is 6.23 Å². The molecule has 0 aromatic carbocycles. The van der Waals surface area contributed by atoms with Gasteiger partial charge in [0.15, 0.2) is 0 Å². The van der Waals surface area contributed by atoms with Crippen LogP contribution in [0.4, 0.5) is 0 Å². The monoisotopic (exact) mass is 113 g/mol. The third kappa shape index (κ3) is 0.721. The smallest absolute Gasteiger partial charge is 0.246 e. The fourth-order valence-electron chi connectivity index (χ4n) is 0.576. The van der Waals surface area contributed by atoms with Crippen LogP contribution in [0.15, 0.2) is 11.6 Å². The van der Waals surface area contributed by atoms with Crippen molar-refractivity contribution in [2.45, 2.75) is 13.2 Å². The van der Waals surface area contributed by atoms with Crippen LogP contribution in [0.2, 0.25) is 0 Å². The number of rotatable bonds is 0. The summed E-state index contributed by atoms with van der Waals surface area (Å²) in [6, 6.07) is 0. The van der Waals surface area contributed by atoms with Gasteiger partial charge in [0.2, 0.25) is 5.91 Å². The minimum absolute atomic E-state index is 0.213. The second-order valence-corrected chi connectivity index (χ2v) is 1.80. The number of carbonyl (C=O) groups is 1. The van der Waals surface area contributed by atoms with E-state index in [4.69, 9.17) is 5.11 Å². The lowest BCUT2D eigenvalue weighted by Gasteiger charge is -2.00. The second kappa shape index (κ2) is 1.59. The number of amides is 1. The molecular formula is C5H7NO2. The summed E-state index contributed by atoms with van der Waals surface area (Å²) in [6.45, 7) is 1.70. The Labute approximate surface area is 47.0 Å². The minimum atomic E-state index is -0.748. The number of aliphatic hydroxyl groups excluding tert-OH is 1. The Balaban J connectivity index is 2.73. The van der Waals surface area contributed by atoms with E-state index in [1.807, 2.05) is 0 Å². The highest BCUT2D eigenvalue weighted by Gasteiger charge is 2.15. The second-order valence-electron chi connectivity index (χ2n) is 1.80. The molecular weight excluding hydrogens is 106 g/mol. The van der Waals surface area contributed by atoms with Crippen molar-refractivity contribution in [3.05, 3.63) is 11.6 Å². The van der Waals surface area contributed by atoms with Gasteiger partial charge in [-0.05, 0) is 12.5 Å². The summed E-state index contributed by atoms with van der Waals surface area (Å²) in [4.78, 5) is 10.3. The van der Waals surface area contributed by atoms with E-state index in [0.29, 0.717) is 5.57 Å². The molecule has 1 atom stereocenters. The van der Waals surface area contributed by atoms with E-state index in [0.717, 1.165) is 0 Å². The van der Waals surface area contributed by atoms with Crippen LogP contribution >= 0.6 is 0 Å². The van der Waals surface area contributed by atoms with Gasteiger partial charge in [0.05, 0.1) is 0 Å². The summed E-state index contributed by atoms with van der Waals surface area (Å²) in [7, 11) is 0. The first kappa shape index (κ1) is 5.31. The van der Waals surface area contributed by atoms with Gasteiger partial charge >= 0.3 is 0 Å². The topological polar surface area (TPSA) is 49.3 Å². The molecule has 1 aliphatic rings. The highest BCUT2D eigenvalue weighted by atomic mass is 16.3. The molecule has 1 amide bonds. The summed E-state index contributed by atoms with van der Waals surface area (Å²) in [6.07, 6.45) is 0.632. The number of nitrogens with one attached hydrogen (secondary N) is 1. The van der Waals surface area contributed by atoms with Crippen molar-refractivity contribution < 1.29 is 9.90 Å². The van der Waals surface area contributed by atoms with Crippen molar-refractivity contribution in [3.63, 3.8) is 0 Å². The molecule has 0 saturated carbocycles. The van der Waals surface area contributed by atoms with E-state index >= 15 is 0 Å². The van der Waals surface area contributed by atoms with Gasteiger partial charge in [0.25, 0.3) is 0 Å². The molecule has 8 heavy (non-hydrogen) atoms. The first-order valence-electron chi connectivity index (χ1n) is 2.37. The third-order valence-corrected chi connectivity index (χ3v) is 1.07. The van der Waals surface area contributed by atoms with Crippen molar-refractivity contribution in [2.75, 3.05) is 0 Å². The fourth-order valence-corrected chi connectivity index (χ4v) is 0.576. The number of hydrogen-bond donors (Lipinski definition) is 2. The van der Waals surface area contributed by atoms with Crippen molar-refractivity contribution in [1.29, 1.82) is 0 Å². The van der Waals surface area contributed by atoms with Gasteiger partial charge in [-0.3, -0.25) is 4.79 Å². The predicted molar refractivity (Wildman–Crippen MR) is 27.9 cm³/mol. The molecule has 3 heteroatoms. The predicted octanol–water partition coefficient (Wildman–Crippen LogP) is -0.619. The third-order valence-electron chi connectivity index (χ3n) is 1.07. The Morgan fingerprint density at radius 2 is 2.50 bits per heavy atom. The number of hydrogen-bond acceptors (Lipinski definition) is 2. The molecule has 1 aliphatic heterocycles. The SMILES string of the molecule is CC1=CC(=O)N[C@@H]1O. The molecule has 0 radical (unpaired) electrons. The zero-order valence-corrected chi connectivity index (χ0v) is 4.51. The Hall–Kier alpha value is -0.830. The van der Waals surface area contributed by atoms with Gasteiger partial charge in [0, 0.05) is 6.08 Å². The molecule has 0 aromatic rings. The number of aliphatic hydroxyl groups is 1.